The molecular formula is C16H14ClNO2. The fraction of sp³-hybridized carbons (Fsp3) is 0.188. The molecule has 0 saturated carbocycles. The van der Waals surface area contributed by atoms with Crippen molar-refractivity contribution >= 4 is 11.6 Å². The Balaban J connectivity index is 2.13. The van der Waals surface area contributed by atoms with E-state index in [-0.39, 0.29) is 0 Å². The third kappa shape index (κ3) is 3.23. The Hall–Kier alpha value is -2.18. The van der Waals surface area contributed by atoms with Gasteiger partial charge in [-0.3, -0.25) is 0 Å². The third-order valence-electron chi connectivity index (χ3n) is 2.87. The number of nitrogens with zero attached hydrogens (tertiary/aromatic N) is 1. The lowest BCUT2D eigenvalue weighted by Gasteiger charge is -2.10. The Morgan fingerprint density at radius 3 is 2.55 bits per heavy atom. The molecule has 4 heteroatoms. The van der Waals surface area contributed by atoms with Crippen LogP contribution in [-0.4, -0.2) is 7.11 Å². The van der Waals surface area contributed by atoms with E-state index < -0.39 is 0 Å². The van der Waals surface area contributed by atoms with E-state index in [1.807, 2.05) is 31.2 Å². The van der Waals surface area contributed by atoms with E-state index in [2.05, 4.69) is 6.07 Å². The summed E-state index contributed by atoms with van der Waals surface area (Å²) >= 11 is 6.10. The first kappa shape index (κ1) is 14.2. The van der Waals surface area contributed by atoms with Crippen LogP contribution in [0.5, 0.6) is 11.5 Å². The van der Waals surface area contributed by atoms with E-state index in [9.17, 15) is 0 Å². The molecule has 0 aliphatic rings. The summed E-state index contributed by atoms with van der Waals surface area (Å²) in [4.78, 5) is 0. The molecule has 2 rings (SSSR count). The first-order chi connectivity index (χ1) is 9.63. The van der Waals surface area contributed by atoms with Crippen LogP contribution in [0.2, 0.25) is 5.02 Å². The van der Waals surface area contributed by atoms with E-state index in [0.717, 1.165) is 11.1 Å². The molecule has 0 N–H and O–H groups in total. The number of hydrogen-bond acceptors (Lipinski definition) is 3. The predicted octanol–water partition coefficient (Wildman–Crippen LogP) is 4.11. The molecule has 0 aliphatic carbocycles. The molecule has 102 valence electrons. The largest absolute Gasteiger partial charge is 0.495 e. The molecule has 0 unspecified atom stereocenters. The maximum Gasteiger partial charge on any atom is 0.138 e. The van der Waals surface area contributed by atoms with Crippen molar-refractivity contribution in [2.75, 3.05) is 7.11 Å². The van der Waals surface area contributed by atoms with Gasteiger partial charge in [0, 0.05) is 0 Å². The monoisotopic (exact) mass is 287 g/mol. The molecule has 0 radical (unpaired) electrons. The Morgan fingerprint density at radius 2 is 1.90 bits per heavy atom. The fourth-order valence-electron chi connectivity index (χ4n) is 1.82. The van der Waals surface area contributed by atoms with Crippen LogP contribution in [0.25, 0.3) is 0 Å². The zero-order chi connectivity index (χ0) is 14.5. The highest BCUT2D eigenvalue weighted by molar-refractivity contribution is 6.32. The second kappa shape index (κ2) is 6.31. The van der Waals surface area contributed by atoms with Gasteiger partial charge in [0.2, 0.25) is 0 Å². The average molecular weight is 288 g/mol. The van der Waals surface area contributed by atoms with Gasteiger partial charge in [-0.2, -0.15) is 5.26 Å². The first-order valence-corrected chi connectivity index (χ1v) is 6.48. The highest BCUT2D eigenvalue weighted by atomic mass is 35.5. The Morgan fingerprint density at radius 1 is 1.15 bits per heavy atom. The Bertz CT molecular complexity index is 662. The second-order valence-electron chi connectivity index (χ2n) is 4.37. The van der Waals surface area contributed by atoms with Crippen molar-refractivity contribution in [1.82, 2.24) is 0 Å². The van der Waals surface area contributed by atoms with E-state index >= 15 is 0 Å². The van der Waals surface area contributed by atoms with Crippen LogP contribution < -0.4 is 9.47 Å². The SMILES string of the molecule is COc1ccc(COc2ccc(C)cc2Cl)cc1C#N. The van der Waals surface area contributed by atoms with Gasteiger partial charge in [-0.25, -0.2) is 0 Å². The van der Waals surface area contributed by atoms with Gasteiger partial charge in [-0.15, -0.1) is 0 Å². The molecule has 0 spiro atoms. The molecule has 2 aromatic carbocycles. The number of ether oxygens (including phenoxy) is 2. The normalized spacial score (nSPS) is 9.90. The first-order valence-electron chi connectivity index (χ1n) is 6.10. The summed E-state index contributed by atoms with van der Waals surface area (Å²) < 4.78 is 10.8. The van der Waals surface area contributed by atoms with Gasteiger partial charge in [-0.05, 0) is 42.3 Å². The molecule has 0 aromatic heterocycles. The van der Waals surface area contributed by atoms with Crippen LogP contribution in [0.3, 0.4) is 0 Å². The number of hydrogen-bond donors (Lipinski definition) is 0. The molecule has 0 atom stereocenters. The number of benzene rings is 2. The van der Waals surface area contributed by atoms with E-state index in [1.165, 1.54) is 0 Å². The van der Waals surface area contributed by atoms with Crippen molar-refractivity contribution < 1.29 is 9.47 Å². The van der Waals surface area contributed by atoms with Gasteiger partial charge in [0.25, 0.3) is 0 Å². The van der Waals surface area contributed by atoms with Gasteiger partial charge in [-0.1, -0.05) is 23.7 Å². The molecule has 0 saturated heterocycles. The summed E-state index contributed by atoms with van der Waals surface area (Å²) in [5.74, 6) is 1.19. The van der Waals surface area contributed by atoms with Crippen LogP contribution in [0.1, 0.15) is 16.7 Å². The lowest BCUT2D eigenvalue weighted by atomic mass is 10.1. The quantitative estimate of drug-likeness (QED) is 0.850. The molecule has 0 aliphatic heterocycles. The molecule has 20 heavy (non-hydrogen) atoms. The number of methoxy groups -OCH3 is 1. The van der Waals surface area contributed by atoms with Crippen LogP contribution in [-0.2, 0) is 6.61 Å². The van der Waals surface area contributed by atoms with Crippen molar-refractivity contribution in [1.29, 1.82) is 5.26 Å². The number of aryl methyl sites for hydroxylation is 1. The molecule has 0 amide bonds. The molecule has 2 aromatic rings. The zero-order valence-electron chi connectivity index (χ0n) is 11.3. The van der Waals surface area contributed by atoms with Crippen LogP contribution in [0.15, 0.2) is 36.4 Å². The van der Waals surface area contributed by atoms with Crippen LogP contribution >= 0.6 is 11.6 Å². The van der Waals surface area contributed by atoms with E-state index in [4.69, 9.17) is 26.3 Å². The third-order valence-corrected chi connectivity index (χ3v) is 3.16. The Kier molecular flexibility index (Phi) is 4.49. The van der Waals surface area contributed by atoms with Gasteiger partial charge >= 0.3 is 0 Å². The minimum Gasteiger partial charge on any atom is -0.495 e. The lowest BCUT2D eigenvalue weighted by molar-refractivity contribution is 0.306. The zero-order valence-corrected chi connectivity index (χ0v) is 12.1. The molecule has 0 fully saturated rings. The van der Waals surface area contributed by atoms with Crippen molar-refractivity contribution in [3.05, 3.63) is 58.1 Å². The molecule has 3 nitrogen and oxygen atoms in total. The standard InChI is InChI=1S/C16H14ClNO2/c1-11-3-5-16(14(17)7-11)20-10-12-4-6-15(19-2)13(8-12)9-18/h3-8H,10H2,1-2H3. The number of halogens is 1. The summed E-state index contributed by atoms with van der Waals surface area (Å²) in [5, 5.41) is 9.62. The maximum atomic E-state index is 9.04. The van der Waals surface area contributed by atoms with Gasteiger partial charge in [0.15, 0.2) is 0 Å². The summed E-state index contributed by atoms with van der Waals surface area (Å²) in [6.07, 6.45) is 0. The Labute approximate surface area is 123 Å². The smallest absolute Gasteiger partial charge is 0.138 e. The van der Waals surface area contributed by atoms with Gasteiger partial charge in [0.1, 0.15) is 24.2 Å². The summed E-state index contributed by atoms with van der Waals surface area (Å²) in [6, 6.07) is 13.1. The molecule has 0 bridgehead atoms. The van der Waals surface area contributed by atoms with Crippen molar-refractivity contribution in [3.63, 3.8) is 0 Å². The van der Waals surface area contributed by atoms with Crippen LogP contribution in [0.4, 0.5) is 0 Å². The highest BCUT2D eigenvalue weighted by Gasteiger charge is 2.06. The minimum absolute atomic E-state index is 0.349. The van der Waals surface area contributed by atoms with Crippen molar-refractivity contribution in [3.8, 4) is 17.6 Å². The van der Waals surface area contributed by atoms with E-state index in [0.29, 0.717) is 28.7 Å². The second-order valence-corrected chi connectivity index (χ2v) is 4.78. The van der Waals surface area contributed by atoms with Gasteiger partial charge < -0.3 is 9.47 Å². The van der Waals surface area contributed by atoms with Gasteiger partial charge in [0.05, 0.1) is 17.7 Å². The number of rotatable bonds is 4. The maximum absolute atomic E-state index is 9.04. The molecular weight excluding hydrogens is 274 g/mol. The van der Waals surface area contributed by atoms with Crippen LogP contribution in [0, 0.1) is 18.3 Å². The number of nitriles is 1. The van der Waals surface area contributed by atoms with Crippen molar-refractivity contribution in [2.45, 2.75) is 13.5 Å². The topological polar surface area (TPSA) is 42.2 Å². The minimum atomic E-state index is 0.349. The summed E-state index contributed by atoms with van der Waals surface area (Å²) in [5.41, 5.74) is 2.46. The van der Waals surface area contributed by atoms with E-state index in [1.54, 1.807) is 19.2 Å². The highest BCUT2D eigenvalue weighted by Crippen LogP contribution is 2.26. The fourth-order valence-corrected chi connectivity index (χ4v) is 2.11. The average Bonchev–Trinajstić information content (AvgIpc) is 2.46. The summed E-state index contributed by atoms with van der Waals surface area (Å²) in [7, 11) is 1.54. The summed E-state index contributed by atoms with van der Waals surface area (Å²) in [6.45, 7) is 2.32. The lowest BCUT2D eigenvalue weighted by Crippen LogP contribution is -1.98. The van der Waals surface area contributed by atoms with Crippen molar-refractivity contribution in [2.24, 2.45) is 0 Å². The predicted molar refractivity (Wildman–Crippen MR) is 78.2 cm³/mol. The molecule has 0 heterocycles.